The molecule has 6 nitrogen and oxygen atoms in total. The largest absolute Gasteiger partial charge is 0.497 e. The predicted molar refractivity (Wildman–Crippen MR) is 76.6 cm³/mol. The van der Waals surface area contributed by atoms with Crippen molar-refractivity contribution in [3.8, 4) is 11.5 Å². The van der Waals surface area contributed by atoms with Crippen LogP contribution in [0.1, 0.15) is 12.5 Å². The fourth-order valence-corrected chi connectivity index (χ4v) is 1.70. The van der Waals surface area contributed by atoms with E-state index >= 15 is 0 Å². The Kier molecular flexibility index (Phi) is 5.54. The van der Waals surface area contributed by atoms with Gasteiger partial charge in [-0.1, -0.05) is 0 Å². The lowest BCUT2D eigenvalue weighted by molar-refractivity contribution is -0.132. The Morgan fingerprint density at radius 3 is 2.29 bits per heavy atom. The summed E-state index contributed by atoms with van der Waals surface area (Å²) in [6, 6.07) is 4.90. The van der Waals surface area contributed by atoms with Gasteiger partial charge in [-0.15, -0.1) is 0 Å². The van der Waals surface area contributed by atoms with Crippen LogP contribution in [-0.4, -0.2) is 36.4 Å². The maximum Gasteiger partial charge on any atom is 0.335 e. The van der Waals surface area contributed by atoms with Crippen LogP contribution in [0.25, 0.3) is 6.08 Å². The van der Waals surface area contributed by atoms with Gasteiger partial charge in [0.1, 0.15) is 11.5 Å². The van der Waals surface area contributed by atoms with Crippen LogP contribution in [0.2, 0.25) is 0 Å². The summed E-state index contributed by atoms with van der Waals surface area (Å²) in [5.74, 6) is -1.43. The van der Waals surface area contributed by atoms with Gasteiger partial charge in [0, 0.05) is 17.7 Å². The molecule has 0 spiro atoms. The third kappa shape index (κ3) is 4.38. The van der Waals surface area contributed by atoms with E-state index in [4.69, 9.17) is 14.6 Å². The van der Waals surface area contributed by atoms with Crippen molar-refractivity contribution in [1.29, 1.82) is 0 Å². The van der Waals surface area contributed by atoms with Gasteiger partial charge in [-0.05, 0) is 30.7 Å². The zero-order chi connectivity index (χ0) is 16.0. The second-order valence-electron chi connectivity index (χ2n) is 4.14. The highest BCUT2D eigenvalue weighted by molar-refractivity contribution is 5.99. The van der Waals surface area contributed by atoms with Crippen LogP contribution in [0.15, 0.2) is 35.4 Å². The summed E-state index contributed by atoms with van der Waals surface area (Å²) in [7, 11) is 2.96. The number of ether oxygens (including phenoxy) is 2. The summed E-state index contributed by atoms with van der Waals surface area (Å²) in [5, 5.41) is 17.9. The molecule has 0 saturated carbocycles. The molecule has 1 aromatic rings. The quantitative estimate of drug-likeness (QED) is 0.616. The summed E-state index contributed by atoms with van der Waals surface area (Å²) >= 11 is 0. The van der Waals surface area contributed by atoms with Crippen molar-refractivity contribution in [3.05, 3.63) is 41.0 Å². The summed E-state index contributed by atoms with van der Waals surface area (Å²) in [4.78, 5) is 21.9. The number of hydrogen-bond acceptors (Lipinski definition) is 4. The van der Waals surface area contributed by atoms with Crippen LogP contribution in [0, 0.1) is 0 Å². The highest BCUT2D eigenvalue weighted by Crippen LogP contribution is 2.27. The number of rotatable bonds is 6. The molecule has 0 aliphatic carbocycles. The average molecular weight is 292 g/mol. The second kappa shape index (κ2) is 7.14. The number of hydrogen-bond donors (Lipinski definition) is 2. The minimum atomic E-state index is -1.22. The highest BCUT2D eigenvalue weighted by atomic mass is 16.5. The first-order chi connectivity index (χ1) is 9.88. The third-order valence-electron chi connectivity index (χ3n) is 2.74. The number of carboxylic acid groups (broad SMARTS) is 2. The van der Waals surface area contributed by atoms with Gasteiger partial charge in [-0.2, -0.15) is 0 Å². The molecule has 0 unspecified atom stereocenters. The molecule has 6 heteroatoms. The third-order valence-corrected chi connectivity index (χ3v) is 2.74. The molecule has 1 rings (SSSR count). The average Bonchev–Trinajstić information content (AvgIpc) is 2.43. The van der Waals surface area contributed by atoms with Gasteiger partial charge in [0.15, 0.2) is 0 Å². The molecule has 0 radical (unpaired) electrons. The van der Waals surface area contributed by atoms with Crippen molar-refractivity contribution in [2.75, 3.05) is 14.2 Å². The van der Waals surface area contributed by atoms with E-state index in [0.29, 0.717) is 17.1 Å². The van der Waals surface area contributed by atoms with Crippen molar-refractivity contribution in [2.45, 2.75) is 6.92 Å². The Balaban J connectivity index is 3.35. The number of benzene rings is 1. The Morgan fingerprint density at radius 2 is 1.81 bits per heavy atom. The van der Waals surface area contributed by atoms with Gasteiger partial charge in [0.25, 0.3) is 0 Å². The van der Waals surface area contributed by atoms with Gasteiger partial charge in [-0.3, -0.25) is 0 Å². The fraction of sp³-hybridized carbons (Fsp3) is 0.200. The maximum absolute atomic E-state index is 11.3. The molecule has 0 aliphatic rings. The smallest absolute Gasteiger partial charge is 0.335 e. The van der Waals surface area contributed by atoms with E-state index in [9.17, 15) is 14.7 Å². The summed E-state index contributed by atoms with van der Waals surface area (Å²) in [6.07, 6.45) is 2.20. The first-order valence-electron chi connectivity index (χ1n) is 5.97. The minimum absolute atomic E-state index is 0.124. The van der Waals surface area contributed by atoms with Crippen molar-refractivity contribution in [2.24, 2.45) is 0 Å². The van der Waals surface area contributed by atoms with E-state index in [0.717, 1.165) is 6.08 Å². The van der Waals surface area contributed by atoms with Crippen LogP contribution >= 0.6 is 0 Å². The lowest BCUT2D eigenvalue weighted by Gasteiger charge is -2.09. The molecule has 0 bridgehead atoms. The maximum atomic E-state index is 11.3. The molecule has 0 fully saturated rings. The molecule has 0 atom stereocenters. The molecular formula is C15H16O6. The lowest BCUT2D eigenvalue weighted by Crippen LogP contribution is -2.04. The second-order valence-corrected chi connectivity index (χ2v) is 4.14. The minimum Gasteiger partial charge on any atom is -0.497 e. The van der Waals surface area contributed by atoms with Crippen LogP contribution in [0.3, 0.4) is 0 Å². The Labute approximate surface area is 121 Å². The molecule has 0 aromatic heterocycles. The molecular weight excluding hydrogens is 276 g/mol. The zero-order valence-corrected chi connectivity index (χ0v) is 11.9. The van der Waals surface area contributed by atoms with Crippen LogP contribution < -0.4 is 9.47 Å². The van der Waals surface area contributed by atoms with Crippen LogP contribution in [0.5, 0.6) is 11.5 Å². The van der Waals surface area contributed by atoms with Crippen molar-refractivity contribution < 1.29 is 29.3 Å². The molecule has 21 heavy (non-hydrogen) atoms. The van der Waals surface area contributed by atoms with Gasteiger partial charge in [0.2, 0.25) is 0 Å². The van der Waals surface area contributed by atoms with E-state index in [-0.39, 0.29) is 11.1 Å². The zero-order valence-electron chi connectivity index (χ0n) is 11.9. The normalized spacial score (nSPS) is 12.0. The van der Waals surface area contributed by atoms with Gasteiger partial charge in [0.05, 0.1) is 19.8 Å². The Bertz CT molecular complexity index is 613. The molecule has 112 valence electrons. The van der Waals surface area contributed by atoms with E-state index in [1.165, 1.54) is 27.2 Å². The Morgan fingerprint density at radius 1 is 1.14 bits per heavy atom. The van der Waals surface area contributed by atoms with Gasteiger partial charge >= 0.3 is 11.9 Å². The number of carbonyl (C=O) groups is 2. The van der Waals surface area contributed by atoms with Crippen molar-refractivity contribution >= 4 is 18.0 Å². The van der Waals surface area contributed by atoms with Crippen molar-refractivity contribution in [3.63, 3.8) is 0 Å². The number of aliphatic carboxylic acids is 2. The van der Waals surface area contributed by atoms with Gasteiger partial charge in [-0.25, -0.2) is 9.59 Å². The predicted octanol–water partition coefficient (Wildman–Crippen LogP) is 2.20. The SMILES string of the molecule is COc1ccc(/C=C(C(=O)O)/C(C)=C/C(=O)O)c(OC)c1. The first-order valence-corrected chi connectivity index (χ1v) is 5.97. The lowest BCUT2D eigenvalue weighted by atomic mass is 10.0. The summed E-state index contributed by atoms with van der Waals surface area (Å²) < 4.78 is 10.2. The van der Waals surface area contributed by atoms with Crippen molar-refractivity contribution in [1.82, 2.24) is 0 Å². The summed E-state index contributed by atoms with van der Waals surface area (Å²) in [5.41, 5.74) is 0.516. The Hall–Kier alpha value is -2.76. The topological polar surface area (TPSA) is 93.1 Å². The molecule has 0 aliphatic heterocycles. The number of methoxy groups -OCH3 is 2. The first kappa shape index (κ1) is 16.3. The molecule has 0 amide bonds. The molecule has 0 heterocycles. The van der Waals surface area contributed by atoms with Crippen LogP contribution in [0.4, 0.5) is 0 Å². The standard InChI is InChI=1S/C15H16O6/c1-9(6-14(16)17)12(15(18)19)7-10-4-5-11(20-2)8-13(10)21-3/h4-8H,1-3H3,(H,16,17)(H,18,19)/b9-6+,12-7-. The van der Waals surface area contributed by atoms with E-state index in [2.05, 4.69) is 0 Å². The summed E-state index contributed by atoms with van der Waals surface area (Å²) in [6.45, 7) is 1.42. The fourth-order valence-electron chi connectivity index (χ4n) is 1.70. The molecule has 2 N–H and O–H groups in total. The number of carboxylic acids is 2. The van der Waals surface area contributed by atoms with E-state index in [1.807, 2.05) is 0 Å². The van der Waals surface area contributed by atoms with E-state index in [1.54, 1.807) is 18.2 Å². The van der Waals surface area contributed by atoms with E-state index < -0.39 is 11.9 Å². The molecule has 1 aromatic carbocycles. The monoisotopic (exact) mass is 292 g/mol. The van der Waals surface area contributed by atoms with Gasteiger partial charge < -0.3 is 19.7 Å². The van der Waals surface area contributed by atoms with Crippen LogP contribution in [-0.2, 0) is 9.59 Å². The highest BCUT2D eigenvalue weighted by Gasteiger charge is 2.13. The molecule has 0 saturated heterocycles.